The minimum atomic E-state index is -1.23. The third-order valence-corrected chi connectivity index (χ3v) is 6.44. The number of ether oxygens (including phenoxy) is 1. The topological polar surface area (TPSA) is 101 Å². The number of aryl methyl sites for hydroxylation is 2. The van der Waals surface area contributed by atoms with E-state index in [0.717, 1.165) is 68.7 Å². The Bertz CT molecular complexity index is 1020. The zero-order valence-corrected chi connectivity index (χ0v) is 18.9. The monoisotopic (exact) mass is 473 g/mol. The number of carboxylic acid groups (broad SMARTS) is 1. The first-order valence-corrected chi connectivity index (χ1v) is 11.7. The van der Waals surface area contributed by atoms with Gasteiger partial charge in [-0.2, -0.15) is 0 Å². The van der Waals surface area contributed by atoms with Gasteiger partial charge in [0.1, 0.15) is 23.5 Å². The number of hydrogen-bond donors (Lipinski definition) is 3. The van der Waals surface area contributed by atoms with E-state index in [0.29, 0.717) is 12.0 Å². The number of hydrogen-bond acceptors (Lipinski definition) is 5. The van der Waals surface area contributed by atoms with Crippen LogP contribution in [0.1, 0.15) is 53.7 Å². The Kier molecular flexibility index (Phi) is 7.72. The highest BCUT2D eigenvalue weighted by molar-refractivity contribution is 5.96. The Morgan fingerprint density at radius 1 is 1.21 bits per heavy atom. The molecule has 2 heterocycles. The van der Waals surface area contributed by atoms with E-state index in [9.17, 15) is 23.5 Å². The fourth-order valence-electron chi connectivity index (χ4n) is 4.44. The van der Waals surface area contributed by atoms with Crippen LogP contribution in [-0.2, 0) is 22.4 Å². The first-order chi connectivity index (χ1) is 16.4. The molecule has 1 aliphatic heterocycles. The second-order valence-corrected chi connectivity index (χ2v) is 9.02. The molecule has 1 unspecified atom stereocenters. The van der Waals surface area contributed by atoms with Gasteiger partial charge in [0.05, 0.1) is 6.10 Å². The Morgan fingerprint density at radius 3 is 2.71 bits per heavy atom. The normalized spacial score (nSPS) is 19.9. The van der Waals surface area contributed by atoms with Gasteiger partial charge in [-0.1, -0.05) is 6.07 Å². The van der Waals surface area contributed by atoms with E-state index in [-0.39, 0.29) is 24.7 Å². The number of rotatable bonds is 10. The van der Waals surface area contributed by atoms with E-state index in [4.69, 9.17) is 9.72 Å². The molecular weight excluding hydrogens is 444 g/mol. The van der Waals surface area contributed by atoms with Crippen molar-refractivity contribution in [3.05, 3.63) is 58.8 Å². The largest absolute Gasteiger partial charge is 0.480 e. The summed E-state index contributed by atoms with van der Waals surface area (Å²) in [5.41, 5.74) is 2.11. The molecule has 1 aromatic heterocycles. The number of benzene rings is 1. The molecule has 1 amide bonds. The van der Waals surface area contributed by atoms with Crippen molar-refractivity contribution in [1.82, 2.24) is 10.3 Å². The maximum atomic E-state index is 13.3. The van der Waals surface area contributed by atoms with E-state index in [2.05, 4.69) is 22.8 Å². The van der Waals surface area contributed by atoms with Crippen molar-refractivity contribution >= 4 is 17.7 Å². The van der Waals surface area contributed by atoms with Crippen molar-refractivity contribution in [2.75, 3.05) is 18.5 Å². The SMILES string of the molecule is O=C(NC(CCOC1CC(CCc2ccc3c(n2)NCCC3)C1)C(=O)O)c1cc(F)cc(F)c1. The fraction of sp³-hybridized carbons (Fsp3) is 0.480. The molecule has 1 saturated carbocycles. The number of aliphatic carboxylic acids is 1. The summed E-state index contributed by atoms with van der Waals surface area (Å²) >= 11 is 0. The number of anilines is 1. The molecule has 182 valence electrons. The van der Waals surface area contributed by atoms with Crippen molar-refractivity contribution in [2.45, 2.75) is 57.1 Å². The lowest BCUT2D eigenvalue weighted by Crippen LogP contribution is -2.42. The van der Waals surface area contributed by atoms with Crippen LogP contribution < -0.4 is 10.6 Å². The molecule has 7 nitrogen and oxygen atoms in total. The maximum Gasteiger partial charge on any atom is 0.326 e. The third-order valence-electron chi connectivity index (χ3n) is 6.44. The van der Waals surface area contributed by atoms with E-state index in [1.165, 1.54) is 5.56 Å². The smallest absolute Gasteiger partial charge is 0.326 e. The zero-order chi connectivity index (χ0) is 24.1. The van der Waals surface area contributed by atoms with Crippen molar-refractivity contribution in [1.29, 1.82) is 0 Å². The van der Waals surface area contributed by atoms with Crippen LogP contribution >= 0.6 is 0 Å². The number of aromatic nitrogens is 1. The molecule has 1 atom stereocenters. The number of nitrogens with one attached hydrogen (secondary N) is 2. The molecule has 2 aromatic rings. The summed E-state index contributed by atoms with van der Waals surface area (Å²) in [4.78, 5) is 28.4. The van der Waals surface area contributed by atoms with Crippen molar-refractivity contribution in [3.63, 3.8) is 0 Å². The Morgan fingerprint density at radius 2 is 1.97 bits per heavy atom. The zero-order valence-electron chi connectivity index (χ0n) is 18.9. The summed E-state index contributed by atoms with van der Waals surface area (Å²) in [6.45, 7) is 1.14. The Balaban J connectivity index is 1.16. The molecule has 34 heavy (non-hydrogen) atoms. The number of halogens is 2. The molecule has 3 N–H and O–H groups in total. The standard InChI is InChI=1S/C25H29F2N3O4/c26-18-12-17(13-19(27)14-18)24(31)30-22(25(32)33)7-9-34-21-10-15(11-21)3-5-20-6-4-16-2-1-8-28-23(16)29-20/h4,6,12-15,21-22H,1-3,5,7-11H2,(H,28,29)(H,30,31)(H,32,33). The van der Waals surface area contributed by atoms with Gasteiger partial charge in [0.2, 0.25) is 0 Å². The summed E-state index contributed by atoms with van der Waals surface area (Å²) in [6, 6.07) is 5.43. The minimum absolute atomic E-state index is 0.0616. The van der Waals surface area contributed by atoms with Crippen LogP contribution in [0.15, 0.2) is 30.3 Å². The van der Waals surface area contributed by atoms with Gasteiger partial charge in [0, 0.05) is 36.9 Å². The van der Waals surface area contributed by atoms with Gasteiger partial charge in [-0.15, -0.1) is 0 Å². The Hall–Kier alpha value is -3.07. The van der Waals surface area contributed by atoms with E-state index in [1.54, 1.807) is 0 Å². The van der Waals surface area contributed by atoms with Gasteiger partial charge in [-0.05, 0) is 68.2 Å². The van der Waals surface area contributed by atoms with Crippen molar-refractivity contribution < 1.29 is 28.2 Å². The molecule has 1 fully saturated rings. The minimum Gasteiger partial charge on any atom is -0.480 e. The average Bonchev–Trinajstić information content (AvgIpc) is 2.78. The Labute approximate surface area is 196 Å². The van der Waals surface area contributed by atoms with Crippen LogP contribution in [0, 0.1) is 17.6 Å². The van der Waals surface area contributed by atoms with Gasteiger partial charge in [-0.25, -0.2) is 18.6 Å². The second-order valence-electron chi connectivity index (χ2n) is 9.02. The first-order valence-electron chi connectivity index (χ1n) is 11.7. The summed E-state index contributed by atoms with van der Waals surface area (Å²) in [7, 11) is 0. The lowest BCUT2D eigenvalue weighted by atomic mass is 9.79. The van der Waals surface area contributed by atoms with Gasteiger partial charge in [0.15, 0.2) is 0 Å². The quantitative estimate of drug-likeness (QED) is 0.486. The molecule has 0 saturated heterocycles. The van der Waals surface area contributed by atoms with Crippen LogP contribution in [-0.4, -0.2) is 47.3 Å². The van der Waals surface area contributed by atoms with Gasteiger partial charge in [-0.3, -0.25) is 4.79 Å². The van der Waals surface area contributed by atoms with Crippen molar-refractivity contribution in [2.24, 2.45) is 5.92 Å². The fourth-order valence-corrected chi connectivity index (χ4v) is 4.44. The maximum absolute atomic E-state index is 13.3. The number of pyridine rings is 1. The van der Waals surface area contributed by atoms with E-state index < -0.39 is 29.6 Å². The second kappa shape index (κ2) is 10.9. The lowest BCUT2D eigenvalue weighted by Gasteiger charge is -2.35. The molecule has 1 aliphatic carbocycles. The molecule has 1 aromatic carbocycles. The highest BCUT2D eigenvalue weighted by atomic mass is 19.1. The van der Waals surface area contributed by atoms with Gasteiger partial charge in [0.25, 0.3) is 5.91 Å². The summed E-state index contributed by atoms with van der Waals surface area (Å²) in [5.74, 6) is -2.32. The summed E-state index contributed by atoms with van der Waals surface area (Å²) in [6.07, 6.45) is 6.13. The van der Waals surface area contributed by atoms with Crippen molar-refractivity contribution in [3.8, 4) is 0 Å². The van der Waals surface area contributed by atoms with Crippen LogP contribution in [0.3, 0.4) is 0 Å². The van der Waals surface area contributed by atoms with Crippen LogP contribution in [0.4, 0.5) is 14.6 Å². The first kappa shape index (κ1) is 24.1. The molecule has 9 heteroatoms. The average molecular weight is 474 g/mol. The predicted octanol–water partition coefficient (Wildman–Crippen LogP) is 3.72. The third kappa shape index (κ3) is 6.28. The van der Waals surface area contributed by atoms with Crippen LogP contribution in [0.25, 0.3) is 0 Å². The lowest BCUT2D eigenvalue weighted by molar-refractivity contribution is -0.140. The van der Waals surface area contributed by atoms with E-state index >= 15 is 0 Å². The molecule has 0 radical (unpaired) electrons. The van der Waals surface area contributed by atoms with Gasteiger partial charge < -0.3 is 20.5 Å². The number of carboxylic acids is 1. The van der Waals surface area contributed by atoms with Gasteiger partial charge >= 0.3 is 5.97 Å². The van der Waals surface area contributed by atoms with Crippen LogP contribution in [0.5, 0.6) is 0 Å². The molecular formula is C25H29F2N3O4. The highest BCUT2D eigenvalue weighted by Crippen LogP contribution is 2.34. The molecule has 2 aliphatic rings. The summed E-state index contributed by atoms with van der Waals surface area (Å²) in [5, 5.41) is 15.0. The molecule has 4 rings (SSSR count). The highest BCUT2D eigenvalue weighted by Gasteiger charge is 2.30. The molecule has 0 spiro atoms. The number of nitrogens with zero attached hydrogens (tertiary/aromatic N) is 1. The number of carbonyl (C=O) groups excluding carboxylic acids is 1. The number of carbonyl (C=O) groups is 2. The van der Waals surface area contributed by atoms with E-state index in [1.807, 2.05) is 0 Å². The predicted molar refractivity (Wildman–Crippen MR) is 122 cm³/mol. The van der Waals surface area contributed by atoms with Crippen LogP contribution in [0.2, 0.25) is 0 Å². The summed E-state index contributed by atoms with van der Waals surface area (Å²) < 4.78 is 32.4. The number of amides is 1. The number of fused-ring (bicyclic) bond motifs is 1. The molecule has 0 bridgehead atoms.